The average molecular weight is 571 g/mol. The summed E-state index contributed by atoms with van der Waals surface area (Å²) in [6.45, 7) is 2.70. The highest BCUT2D eigenvalue weighted by molar-refractivity contribution is 7.26. The van der Waals surface area contributed by atoms with Crippen LogP contribution in [0.5, 0.6) is 0 Å². The van der Waals surface area contributed by atoms with Crippen LogP contribution in [0.2, 0.25) is 0 Å². The number of hydrogen-bond acceptors (Lipinski definition) is 2. The number of aliphatic imine (C=N–C) groups is 2. The Morgan fingerprint density at radius 2 is 1.44 bits per heavy atom. The summed E-state index contributed by atoms with van der Waals surface area (Å²) in [5.41, 5.74) is 6.88. The van der Waals surface area contributed by atoms with Crippen molar-refractivity contribution in [3.05, 3.63) is 144 Å². The summed E-state index contributed by atoms with van der Waals surface area (Å²) in [6.07, 6.45) is 8.59. The highest BCUT2D eigenvalue weighted by Gasteiger charge is 2.16. The summed E-state index contributed by atoms with van der Waals surface area (Å²) >= 11 is 1.89. The smallest absolute Gasteiger partial charge is 0.155 e. The minimum Gasteiger partial charge on any atom is -0.261 e. The van der Waals surface area contributed by atoms with Crippen molar-refractivity contribution in [2.75, 3.05) is 0 Å². The van der Waals surface area contributed by atoms with E-state index in [2.05, 4.69) is 128 Å². The van der Waals surface area contributed by atoms with E-state index in [1.54, 1.807) is 0 Å². The summed E-state index contributed by atoms with van der Waals surface area (Å²) in [6, 6.07) is 39.5. The number of fused-ring (bicyclic) bond motifs is 3. The van der Waals surface area contributed by atoms with Gasteiger partial charge in [0, 0.05) is 31.4 Å². The summed E-state index contributed by atoms with van der Waals surface area (Å²) in [4.78, 5) is 10.2. The lowest BCUT2D eigenvalue weighted by Gasteiger charge is -2.13. The van der Waals surface area contributed by atoms with Crippen LogP contribution in [0.3, 0.4) is 0 Å². The summed E-state index contributed by atoms with van der Waals surface area (Å²) < 4.78 is 2.72. The topological polar surface area (TPSA) is 24.7 Å². The minimum atomic E-state index is 0.591. The highest BCUT2D eigenvalue weighted by atomic mass is 32.1. The lowest BCUT2D eigenvalue weighted by Crippen LogP contribution is -2.06. The molecule has 0 saturated carbocycles. The van der Waals surface area contributed by atoms with Gasteiger partial charge in [0.2, 0.25) is 0 Å². The van der Waals surface area contributed by atoms with Crippen LogP contribution in [0.1, 0.15) is 30.9 Å². The fourth-order valence-electron chi connectivity index (χ4n) is 6.41. The monoisotopic (exact) mass is 570 g/mol. The Labute approximate surface area is 255 Å². The van der Waals surface area contributed by atoms with Crippen LogP contribution >= 0.6 is 11.3 Å². The van der Waals surface area contributed by atoms with Gasteiger partial charge >= 0.3 is 0 Å². The van der Waals surface area contributed by atoms with Crippen LogP contribution in [0.25, 0.3) is 52.8 Å². The molecule has 1 heterocycles. The first-order valence-electron chi connectivity index (χ1n) is 14.9. The molecule has 43 heavy (non-hydrogen) atoms. The van der Waals surface area contributed by atoms with Gasteiger partial charge in [-0.05, 0) is 87.8 Å². The van der Waals surface area contributed by atoms with E-state index in [1.807, 2.05) is 17.4 Å². The Hall–Kier alpha value is -4.86. The van der Waals surface area contributed by atoms with Gasteiger partial charge in [-0.1, -0.05) is 103 Å². The molecule has 1 aliphatic rings. The molecule has 206 valence electrons. The zero-order valence-corrected chi connectivity index (χ0v) is 24.9. The van der Waals surface area contributed by atoms with Crippen LogP contribution in [-0.4, -0.2) is 11.5 Å². The predicted molar refractivity (Wildman–Crippen MR) is 187 cm³/mol. The van der Waals surface area contributed by atoms with Crippen molar-refractivity contribution in [1.29, 1.82) is 0 Å². The zero-order chi connectivity index (χ0) is 28.8. The maximum absolute atomic E-state index is 5.12. The second-order valence-corrected chi connectivity index (χ2v) is 12.4. The summed E-state index contributed by atoms with van der Waals surface area (Å²) in [5.74, 6) is 0.774. The largest absolute Gasteiger partial charge is 0.261 e. The van der Waals surface area contributed by atoms with E-state index in [0.717, 1.165) is 30.0 Å². The van der Waals surface area contributed by atoms with Gasteiger partial charge in [0.25, 0.3) is 0 Å². The molecular formula is C40H30N2S. The Morgan fingerprint density at radius 1 is 0.698 bits per heavy atom. The molecule has 0 atom stereocenters. The molecule has 1 aromatic heterocycles. The molecule has 6 aromatic carbocycles. The zero-order valence-electron chi connectivity index (χ0n) is 24.0. The first-order chi connectivity index (χ1) is 21.2. The van der Waals surface area contributed by atoms with Crippen LogP contribution in [0.15, 0.2) is 143 Å². The molecule has 8 rings (SSSR count). The molecule has 0 amide bonds. The normalized spacial score (nSPS) is 14.4. The van der Waals surface area contributed by atoms with E-state index in [1.165, 1.54) is 64.0 Å². The molecule has 3 heteroatoms. The van der Waals surface area contributed by atoms with Crippen molar-refractivity contribution < 1.29 is 0 Å². The van der Waals surface area contributed by atoms with Crippen molar-refractivity contribution in [2.45, 2.75) is 26.3 Å². The molecule has 0 unspecified atom stereocenters. The number of amidine groups is 1. The fourth-order valence-corrected chi connectivity index (χ4v) is 7.57. The van der Waals surface area contributed by atoms with Crippen LogP contribution < -0.4 is 0 Å². The Kier molecular flexibility index (Phi) is 6.46. The van der Waals surface area contributed by atoms with Gasteiger partial charge < -0.3 is 0 Å². The van der Waals surface area contributed by atoms with E-state index in [-0.39, 0.29) is 0 Å². The predicted octanol–water partition coefficient (Wildman–Crippen LogP) is 11.1. The van der Waals surface area contributed by atoms with Gasteiger partial charge in [-0.2, -0.15) is 0 Å². The van der Waals surface area contributed by atoms with Crippen LogP contribution in [-0.2, 0) is 6.54 Å². The van der Waals surface area contributed by atoms with E-state index in [9.17, 15) is 0 Å². The molecule has 0 bridgehead atoms. The molecule has 0 spiro atoms. The molecule has 0 aliphatic heterocycles. The van der Waals surface area contributed by atoms with Gasteiger partial charge in [-0.3, -0.25) is 4.99 Å². The van der Waals surface area contributed by atoms with Crippen molar-refractivity contribution in [2.24, 2.45) is 9.98 Å². The van der Waals surface area contributed by atoms with Crippen molar-refractivity contribution in [1.82, 2.24) is 0 Å². The van der Waals surface area contributed by atoms with Gasteiger partial charge in [-0.15, -0.1) is 11.3 Å². The second kappa shape index (κ2) is 10.8. The van der Waals surface area contributed by atoms with Crippen molar-refractivity contribution in [3.63, 3.8) is 0 Å². The number of hydrogen-bond donors (Lipinski definition) is 0. The Balaban J connectivity index is 1.25. The first-order valence-corrected chi connectivity index (χ1v) is 15.7. The molecule has 0 N–H and O–H groups in total. The number of benzene rings is 6. The standard InChI is InChI=1S/C40H30N2S/c1-26(28-13-6-3-7-14-28)42-40(41-25-27-11-4-2-5-12-27)31-16-8-15-29(23-31)30-21-22-32-33-17-9-19-36-38(33)39-34(35(32)24-30)18-10-20-37(39)43-36/h2-6,8-13,15-24H,7,14,25H2,1H3. The van der Waals surface area contributed by atoms with Crippen LogP contribution in [0.4, 0.5) is 0 Å². The maximum atomic E-state index is 5.12. The van der Waals surface area contributed by atoms with Gasteiger partial charge in [-0.25, -0.2) is 4.99 Å². The summed E-state index contributed by atoms with van der Waals surface area (Å²) in [7, 11) is 0. The third-order valence-corrected chi connectivity index (χ3v) is 9.70. The molecule has 0 saturated heterocycles. The molecule has 1 aliphatic carbocycles. The van der Waals surface area contributed by atoms with Gasteiger partial charge in [0.05, 0.1) is 6.54 Å². The Morgan fingerprint density at radius 3 is 2.21 bits per heavy atom. The second-order valence-electron chi connectivity index (χ2n) is 11.3. The summed E-state index contributed by atoms with van der Waals surface area (Å²) in [5, 5.41) is 8.07. The highest BCUT2D eigenvalue weighted by Crippen LogP contribution is 2.45. The molecular weight excluding hydrogens is 541 g/mol. The Bertz CT molecular complexity index is 2260. The number of rotatable bonds is 5. The van der Waals surface area contributed by atoms with Gasteiger partial charge in [0.1, 0.15) is 0 Å². The van der Waals surface area contributed by atoms with Crippen LogP contribution in [0, 0.1) is 0 Å². The molecule has 2 nitrogen and oxygen atoms in total. The van der Waals surface area contributed by atoms with E-state index >= 15 is 0 Å². The molecule has 0 radical (unpaired) electrons. The van der Waals surface area contributed by atoms with Crippen molar-refractivity contribution in [3.8, 4) is 11.1 Å². The van der Waals surface area contributed by atoms with E-state index < -0.39 is 0 Å². The van der Waals surface area contributed by atoms with Crippen molar-refractivity contribution >= 4 is 64.6 Å². The molecule has 0 fully saturated rings. The number of thiophene rings is 1. The third-order valence-electron chi connectivity index (χ3n) is 8.58. The fraction of sp³-hybridized carbons (Fsp3) is 0.100. The lowest BCUT2D eigenvalue weighted by molar-refractivity contribution is 1.00. The lowest BCUT2D eigenvalue weighted by atomic mass is 9.92. The average Bonchev–Trinajstić information content (AvgIpc) is 3.46. The van der Waals surface area contributed by atoms with Gasteiger partial charge in [0.15, 0.2) is 5.84 Å². The number of allylic oxidation sites excluding steroid dienone is 4. The first kappa shape index (κ1) is 25.8. The third kappa shape index (κ3) is 4.67. The number of nitrogens with zero attached hydrogens (tertiary/aromatic N) is 2. The minimum absolute atomic E-state index is 0.591. The maximum Gasteiger partial charge on any atom is 0.155 e. The molecule has 7 aromatic rings. The van der Waals surface area contributed by atoms with E-state index in [0.29, 0.717) is 6.54 Å². The quantitative estimate of drug-likeness (QED) is 0.112. The SMILES string of the molecule is CC(=NC(=NCc1ccccc1)c1cccc(-c2ccc3c(c2)c2cccc4sc5cccc3c5c42)c1)C1=CC=CCC1. The van der Waals surface area contributed by atoms with E-state index in [4.69, 9.17) is 9.98 Å².